The van der Waals surface area contributed by atoms with Crippen LogP contribution in [-0.4, -0.2) is 29.0 Å². The molecule has 0 N–H and O–H groups in total. The van der Waals surface area contributed by atoms with Crippen LogP contribution in [0.3, 0.4) is 0 Å². The Morgan fingerprint density at radius 2 is 2.08 bits per heavy atom. The number of hydrogen-bond acceptors (Lipinski definition) is 5. The molecule has 0 spiro atoms. The van der Waals surface area contributed by atoms with Crippen LogP contribution in [0.25, 0.3) is 0 Å². The summed E-state index contributed by atoms with van der Waals surface area (Å²) in [5.74, 6) is -3.15. The van der Waals surface area contributed by atoms with E-state index < -0.39 is 22.9 Å². The van der Waals surface area contributed by atoms with E-state index in [1.165, 1.54) is 0 Å². The summed E-state index contributed by atoms with van der Waals surface area (Å²) in [5.41, 5.74) is -0.921. The van der Waals surface area contributed by atoms with E-state index in [0.717, 1.165) is 0 Å². The summed E-state index contributed by atoms with van der Waals surface area (Å²) < 4.78 is 4.23. The minimum atomic E-state index is -1.62. The van der Waals surface area contributed by atoms with E-state index in [0.29, 0.717) is 12.3 Å². The molecule has 0 radical (unpaired) electrons. The van der Waals surface area contributed by atoms with Gasteiger partial charge >= 0.3 is 23.1 Å². The van der Waals surface area contributed by atoms with Crippen LogP contribution in [-0.2, 0) is 0 Å². The van der Waals surface area contributed by atoms with E-state index in [-0.39, 0.29) is 23.1 Å². The van der Waals surface area contributed by atoms with Gasteiger partial charge in [0.25, 0.3) is 0 Å². The molecule has 1 aromatic heterocycles. The Kier molecular flexibility index (Phi) is 3.77. The van der Waals surface area contributed by atoms with Gasteiger partial charge in [0, 0.05) is 6.07 Å². The quantitative estimate of drug-likeness (QED) is 0.451. The van der Waals surface area contributed by atoms with Crippen molar-refractivity contribution in [3.63, 3.8) is 0 Å². The summed E-state index contributed by atoms with van der Waals surface area (Å²) in [4.78, 5) is 20.5. The molecule has 0 aliphatic rings. The topological polar surface area (TPSA) is 93.4 Å². The molecule has 0 atom stereocenters. The van der Waals surface area contributed by atoms with Crippen molar-refractivity contribution in [1.29, 1.82) is 0 Å². The number of hydrogen-bond donors (Lipinski definition) is 0. The number of rotatable bonds is 1. The van der Waals surface area contributed by atoms with Crippen molar-refractivity contribution in [2.45, 2.75) is 0 Å². The summed E-state index contributed by atoms with van der Waals surface area (Å²) in [6.07, 6.45) is 0.535. The monoisotopic (exact) mass is 178 g/mol. The van der Waals surface area contributed by atoms with Gasteiger partial charge in [-0.2, -0.15) is 0 Å². The van der Waals surface area contributed by atoms with E-state index in [2.05, 4.69) is 4.42 Å². The first kappa shape index (κ1) is 11.0. The van der Waals surface area contributed by atoms with Gasteiger partial charge in [-0.05, 0) is 5.75 Å². The van der Waals surface area contributed by atoms with Crippen molar-refractivity contribution in [1.82, 2.24) is 0 Å². The number of carbonyl (C=O) groups excluding carboxylic acids is 1. The molecular formula is C6H2MgO5. The molecule has 0 aliphatic heterocycles. The van der Waals surface area contributed by atoms with Crippen molar-refractivity contribution < 1.29 is 19.4 Å². The van der Waals surface area contributed by atoms with Crippen LogP contribution in [0.4, 0.5) is 0 Å². The molecule has 0 aromatic carbocycles. The van der Waals surface area contributed by atoms with Gasteiger partial charge in [-0.25, -0.2) is 0 Å². The normalized spacial score (nSPS) is 8.67. The van der Waals surface area contributed by atoms with Gasteiger partial charge in [0.05, 0.1) is 6.26 Å². The first-order valence-electron chi connectivity index (χ1n) is 2.62. The summed E-state index contributed by atoms with van der Waals surface area (Å²) in [5, 5.41) is 20.4. The molecule has 1 aromatic rings. The fourth-order valence-electron chi connectivity index (χ4n) is 0.506. The van der Waals surface area contributed by atoms with E-state index in [9.17, 15) is 19.8 Å². The van der Waals surface area contributed by atoms with E-state index in [1.54, 1.807) is 0 Å². The fraction of sp³-hybridized carbons (Fsp3) is 0. The van der Waals surface area contributed by atoms with Crippen LogP contribution >= 0.6 is 0 Å². The number of carbonyl (C=O) groups is 1. The summed E-state index contributed by atoms with van der Waals surface area (Å²) in [7, 11) is 0. The zero-order valence-corrected chi connectivity index (χ0v) is 7.32. The third-order valence-corrected chi connectivity index (χ3v) is 0.999. The Morgan fingerprint density at radius 3 is 2.50 bits per heavy atom. The molecule has 0 bridgehead atoms. The van der Waals surface area contributed by atoms with Crippen LogP contribution in [0, 0.1) is 0 Å². The SMILES string of the molecule is O=C([O-])c1cc(=O)c([O-])co1.[Mg+2]. The largest absolute Gasteiger partial charge is 2.00 e. The number of aromatic carboxylic acids is 1. The zero-order chi connectivity index (χ0) is 8.43. The van der Waals surface area contributed by atoms with Crippen LogP contribution in [0.15, 0.2) is 21.5 Å². The zero-order valence-electron chi connectivity index (χ0n) is 5.90. The third kappa shape index (κ3) is 2.24. The second-order valence-electron chi connectivity index (χ2n) is 1.76. The smallest absolute Gasteiger partial charge is 0.868 e. The summed E-state index contributed by atoms with van der Waals surface area (Å²) in [6, 6.07) is 0.581. The maximum atomic E-state index is 10.5. The fourth-order valence-corrected chi connectivity index (χ4v) is 0.506. The average Bonchev–Trinajstić information content (AvgIpc) is 1.94. The van der Waals surface area contributed by atoms with Gasteiger partial charge in [0.1, 0.15) is 5.97 Å². The molecule has 0 aliphatic carbocycles. The van der Waals surface area contributed by atoms with Gasteiger partial charge in [0.15, 0.2) is 11.2 Å². The van der Waals surface area contributed by atoms with Gasteiger partial charge in [-0.15, -0.1) is 0 Å². The molecular weight excluding hydrogens is 176 g/mol. The molecule has 0 saturated carbocycles. The standard InChI is InChI=1S/C6H4O5.Mg/c7-3-1-5(6(9)10)11-2-4(3)8;/h1-2,8H,(H,9,10);/q;+2/p-2. The molecule has 5 nitrogen and oxygen atoms in total. The third-order valence-electron chi connectivity index (χ3n) is 0.999. The van der Waals surface area contributed by atoms with Crippen molar-refractivity contribution in [3.05, 3.63) is 28.3 Å². The van der Waals surface area contributed by atoms with Crippen LogP contribution < -0.4 is 15.6 Å². The van der Waals surface area contributed by atoms with Gasteiger partial charge < -0.3 is 19.4 Å². The molecule has 0 saturated heterocycles. The molecule has 0 unspecified atom stereocenters. The molecule has 12 heavy (non-hydrogen) atoms. The summed E-state index contributed by atoms with van der Waals surface area (Å²) in [6.45, 7) is 0. The van der Waals surface area contributed by atoms with E-state index >= 15 is 0 Å². The Bertz CT molecular complexity index is 342. The van der Waals surface area contributed by atoms with Crippen LogP contribution in [0.5, 0.6) is 5.75 Å². The molecule has 0 fully saturated rings. The average molecular weight is 178 g/mol. The second kappa shape index (κ2) is 4.12. The first-order chi connectivity index (χ1) is 5.11. The maximum Gasteiger partial charge on any atom is 2.00 e. The summed E-state index contributed by atoms with van der Waals surface area (Å²) >= 11 is 0. The van der Waals surface area contributed by atoms with Crippen LogP contribution in [0.1, 0.15) is 10.6 Å². The maximum absolute atomic E-state index is 10.5. The Morgan fingerprint density at radius 1 is 1.50 bits per heavy atom. The van der Waals surface area contributed by atoms with Crippen LogP contribution in [0.2, 0.25) is 0 Å². The van der Waals surface area contributed by atoms with Crippen molar-refractivity contribution >= 4 is 29.0 Å². The molecule has 58 valence electrons. The minimum absolute atomic E-state index is 0. The Labute approximate surface area is 82.8 Å². The van der Waals surface area contributed by atoms with Gasteiger partial charge in [-0.1, -0.05) is 0 Å². The predicted octanol–water partition coefficient (Wildman–Crippen LogP) is -2.30. The minimum Gasteiger partial charge on any atom is -0.868 e. The predicted molar refractivity (Wildman–Crippen MR) is 34.5 cm³/mol. The Hall–Kier alpha value is -1.01. The molecule has 6 heteroatoms. The van der Waals surface area contributed by atoms with E-state index in [4.69, 9.17) is 0 Å². The van der Waals surface area contributed by atoms with Crippen molar-refractivity contribution in [3.8, 4) is 5.75 Å². The van der Waals surface area contributed by atoms with Crippen molar-refractivity contribution in [2.75, 3.05) is 0 Å². The molecule has 1 rings (SSSR count). The second-order valence-corrected chi connectivity index (χ2v) is 1.76. The van der Waals surface area contributed by atoms with Gasteiger partial charge in [-0.3, -0.25) is 4.79 Å². The molecule has 1 heterocycles. The molecule has 0 amide bonds. The van der Waals surface area contributed by atoms with Gasteiger partial charge in [0.2, 0.25) is 0 Å². The van der Waals surface area contributed by atoms with E-state index in [1.807, 2.05) is 0 Å². The number of carboxylic acids is 1. The number of carboxylic acid groups (broad SMARTS) is 1. The first-order valence-corrected chi connectivity index (χ1v) is 2.62. The van der Waals surface area contributed by atoms with Crippen molar-refractivity contribution in [2.24, 2.45) is 0 Å². The Balaban J connectivity index is 0.00000121.